The van der Waals surface area contributed by atoms with Gasteiger partial charge in [-0.3, -0.25) is 0 Å². The number of aliphatic hydroxyl groups is 1. The Morgan fingerprint density at radius 1 is 1.33 bits per heavy atom. The normalized spacial score (nSPS) is 18.4. The van der Waals surface area contributed by atoms with Crippen LogP contribution in [0, 0.1) is 5.92 Å². The van der Waals surface area contributed by atoms with Gasteiger partial charge in [-0.05, 0) is 61.6 Å². The molecule has 1 amide bonds. The lowest BCUT2D eigenvalue weighted by Gasteiger charge is -2.40. The molecule has 162 valence electrons. The van der Waals surface area contributed by atoms with Crippen LogP contribution >= 0.6 is 11.6 Å². The highest BCUT2D eigenvalue weighted by molar-refractivity contribution is 6.33. The predicted molar refractivity (Wildman–Crippen MR) is 118 cm³/mol. The molecule has 0 aliphatic carbocycles. The topological polar surface area (TPSA) is 90.8 Å². The maximum absolute atomic E-state index is 12.1. The molecule has 2 aromatic rings. The Bertz CT molecular complexity index is 870. The monoisotopic (exact) mass is 432 g/mol. The molecule has 2 atom stereocenters. The number of carboxylic acid groups (broad SMARTS) is 1. The second-order valence-electron chi connectivity index (χ2n) is 7.70. The first kappa shape index (κ1) is 22.4. The van der Waals surface area contributed by atoms with Gasteiger partial charge in [0.25, 0.3) is 0 Å². The molecule has 7 heteroatoms. The van der Waals surface area contributed by atoms with E-state index in [4.69, 9.17) is 21.4 Å². The number of hydrogen-bond donors (Lipinski definition) is 4. The lowest BCUT2D eigenvalue weighted by atomic mass is 9.72. The molecule has 2 aromatic carbocycles. The largest absolute Gasteiger partial charge is 0.497 e. The zero-order valence-electron chi connectivity index (χ0n) is 17.2. The Kier molecular flexibility index (Phi) is 7.58. The third-order valence-electron chi connectivity index (χ3n) is 5.82. The fourth-order valence-corrected chi connectivity index (χ4v) is 4.61. The first-order valence-corrected chi connectivity index (χ1v) is 10.7. The van der Waals surface area contributed by atoms with Crippen molar-refractivity contribution in [1.29, 1.82) is 0 Å². The zero-order chi connectivity index (χ0) is 21.6. The number of rotatable bonds is 8. The van der Waals surface area contributed by atoms with Gasteiger partial charge in [-0.15, -0.1) is 0 Å². The van der Waals surface area contributed by atoms with Crippen LogP contribution in [0.2, 0.25) is 5.02 Å². The van der Waals surface area contributed by atoms with Crippen molar-refractivity contribution in [2.75, 3.05) is 26.7 Å². The number of carbonyl (C=O) groups is 1. The smallest absolute Gasteiger partial charge is 0.404 e. The number of piperidine rings is 1. The van der Waals surface area contributed by atoms with Gasteiger partial charge in [-0.2, -0.15) is 0 Å². The van der Waals surface area contributed by atoms with Crippen molar-refractivity contribution in [3.05, 3.63) is 53.1 Å². The molecule has 1 aliphatic heterocycles. The molecule has 0 bridgehead atoms. The van der Waals surface area contributed by atoms with Gasteiger partial charge < -0.3 is 25.6 Å². The van der Waals surface area contributed by atoms with E-state index in [1.807, 2.05) is 42.5 Å². The van der Waals surface area contributed by atoms with Crippen LogP contribution in [0.15, 0.2) is 42.5 Å². The third kappa shape index (κ3) is 5.06. The molecule has 1 heterocycles. The van der Waals surface area contributed by atoms with E-state index in [0.717, 1.165) is 36.1 Å². The van der Waals surface area contributed by atoms with Gasteiger partial charge in [0.2, 0.25) is 0 Å². The Morgan fingerprint density at radius 3 is 2.83 bits per heavy atom. The van der Waals surface area contributed by atoms with Gasteiger partial charge >= 0.3 is 6.09 Å². The molecule has 1 fully saturated rings. The molecule has 3 rings (SSSR count). The molecule has 0 aromatic heterocycles. The summed E-state index contributed by atoms with van der Waals surface area (Å²) in [5, 5.41) is 27.3. The molecular formula is C23H29ClN2O4. The Hall–Kier alpha value is -2.28. The average molecular weight is 433 g/mol. The number of halogens is 1. The fraction of sp³-hybridized carbons (Fsp3) is 0.435. The summed E-state index contributed by atoms with van der Waals surface area (Å²) in [5.41, 5.74) is 1.29. The van der Waals surface area contributed by atoms with E-state index < -0.39 is 11.7 Å². The molecule has 0 unspecified atom stereocenters. The lowest BCUT2D eigenvalue weighted by molar-refractivity contribution is -0.0415. The molecule has 30 heavy (non-hydrogen) atoms. The highest BCUT2D eigenvalue weighted by Gasteiger charge is 2.40. The molecule has 0 saturated carbocycles. The Morgan fingerprint density at radius 2 is 2.13 bits per heavy atom. The van der Waals surface area contributed by atoms with E-state index >= 15 is 0 Å². The highest BCUT2D eigenvalue weighted by atomic mass is 35.5. The first-order valence-electron chi connectivity index (χ1n) is 10.3. The molecule has 4 N–H and O–H groups in total. The van der Waals surface area contributed by atoms with E-state index in [9.17, 15) is 9.90 Å². The summed E-state index contributed by atoms with van der Waals surface area (Å²) in [5.74, 6) is 0.714. The minimum absolute atomic E-state index is 0.00102. The maximum Gasteiger partial charge on any atom is 0.404 e. The van der Waals surface area contributed by atoms with E-state index in [2.05, 4.69) is 10.6 Å². The summed E-state index contributed by atoms with van der Waals surface area (Å²) < 4.78 is 5.38. The summed E-state index contributed by atoms with van der Waals surface area (Å²) in [7, 11) is 1.62. The molecule has 1 saturated heterocycles. The maximum atomic E-state index is 12.1. The summed E-state index contributed by atoms with van der Waals surface area (Å²) in [6, 6.07) is 13.3. The van der Waals surface area contributed by atoms with Gasteiger partial charge in [0, 0.05) is 29.6 Å². The number of benzene rings is 2. The van der Waals surface area contributed by atoms with Crippen LogP contribution in [0.25, 0.3) is 11.1 Å². The van der Waals surface area contributed by atoms with Crippen molar-refractivity contribution >= 4 is 17.7 Å². The lowest BCUT2D eigenvalue weighted by Crippen LogP contribution is -2.45. The highest BCUT2D eigenvalue weighted by Crippen LogP contribution is 2.45. The summed E-state index contributed by atoms with van der Waals surface area (Å²) in [4.78, 5) is 10.8. The first-order chi connectivity index (χ1) is 14.5. The van der Waals surface area contributed by atoms with Gasteiger partial charge in [-0.25, -0.2) is 4.79 Å². The van der Waals surface area contributed by atoms with Crippen molar-refractivity contribution in [2.45, 2.75) is 31.3 Å². The standard InChI is InChI=1S/C23H29ClN2O4/c1-30-18-8-2-6-16(14-18)21-19(9-3-10-20(21)24)23(29,11-5-13-26-22(27)28)17-7-4-12-25-15-17/h2-3,6,8-10,14,17,25-26,29H,4-5,7,11-13,15H2,1H3,(H,27,28)/t17-,23+/m1/s1. The molecule has 1 aliphatic rings. The van der Waals surface area contributed by atoms with Gasteiger partial charge in [0.1, 0.15) is 5.75 Å². The second kappa shape index (κ2) is 10.2. The minimum atomic E-state index is -1.14. The summed E-state index contributed by atoms with van der Waals surface area (Å²) in [6.07, 6.45) is 1.76. The van der Waals surface area contributed by atoms with Crippen LogP contribution in [-0.4, -0.2) is 43.1 Å². The van der Waals surface area contributed by atoms with Crippen molar-refractivity contribution in [2.24, 2.45) is 5.92 Å². The van der Waals surface area contributed by atoms with Crippen molar-refractivity contribution in [3.63, 3.8) is 0 Å². The molecule has 0 radical (unpaired) electrons. The van der Waals surface area contributed by atoms with Crippen LogP contribution in [0.5, 0.6) is 5.75 Å². The average Bonchev–Trinajstić information content (AvgIpc) is 2.77. The molecule has 6 nitrogen and oxygen atoms in total. The number of nitrogens with one attached hydrogen (secondary N) is 2. The Labute approximate surface area is 182 Å². The third-order valence-corrected chi connectivity index (χ3v) is 6.14. The van der Waals surface area contributed by atoms with E-state index in [1.165, 1.54) is 0 Å². The van der Waals surface area contributed by atoms with Gasteiger partial charge in [0.05, 0.1) is 12.7 Å². The van der Waals surface area contributed by atoms with Crippen molar-refractivity contribution in [1.82, 2.24) is 10.6 Å². The van der Waals surface area contributed by atoms with Gasteiger partial charge in [-0.1, -0.05) is 35.9 Å². The summed E-state index contributed by atoms with van der Waals surface area (Å²) >= 11 is 6.65. The zero-order valence-corrected chi connectivity index (χ0v) is 17.9. The minimum Gasteiger partial charge on any atom is -0.497 e. The fourth-order valence-electron chi connectivity index (χ4n) is 4.33. The molecule has 0 spiro atoms. The van der Waals surface area contributed by atoms with Crippen molar-refractivity contribution < 1.29 is 19.7 Å². The van der Waals surface area contributed by atoms with Crippen LogP contribution < -0.4 is 15.4 Å². The van der Waals surface area contributed by atoms with Crippen LogP contribution in [0.1, 0.15) is 31.2 Å². The summed E-state index contributed by atoms with van der Waals surface area (Å²) in [6.45, 7) is 1.92. The quantitative estimate of drug-likeness (QED) is 0.468. The van der Waals surface area contributed by atoms with E-state index in [0.29, 0.717) is 30.2 Å². The van der Waals surface area contributed by atoms with Crippen LogP contribution in [-0.2, 0) is 5.60 Å². The Balaban J connectivity index is 2.04. The predicted octanol–water partition coefficient (Wildman–Crippen LogP) is 4.25. The van der Waals surface area contributed by atoms with Crippen molar-refractivity contribution in [3.8, 4) is 16.9 Å². The van der Waals surface area contributed by atoms with Crippen LogP contribution in [0.4, 0.5) is 4.79 Å². The number of amides is 1. The van der Waals surface area contributed by atoms with Crippen LogP contribution in [0.3, 0.4) is 0 Å². The molecular weight excluding hydrogens is 404 g/mol. The van der Waals surface area contributed by atoms with Gasteiger partial charge in [0.15, 0.2) is 0 Å². The number of ether oxygens (including phenoxy) is 1. The number of hydrogen-bond acceptors (Lipinski definition) is 4. The number of methoxy groups -OCH3 is 1. The SMILES string of the molecule is COc1cccc(-c2c(Cl)cccc2[C@](O)(CCCNC(=O)O)[C@@H]2CCCNC2)c1. The van der Waals surface area contributed by atoms with E-state index in [1.54, 1.807) is 7.11 Å². The second-order valence-corrected chi connectivity index (χ2v) is 8.10. The van der Waals surface area contributed by atoms with E-state index in [-0.39, 0.29) is 12.5 Å².